The van der Waals surface area contributed by atoms with Gasteiger partial charge in [0.1, 0.15) is 34.5 Å². The summed E-state index contributed by atoms with van der Waals surface area (Å²) >= 11 is 0. The number of rotatable bonds is 16. The van der Waals surface area contributed by atoms with Gasteiger partial charge < -0.3 is 30.6 Å². The van der Waals surface area contributed by atoms with E-state index in [4.69, 9.17) is 0 Å². The summed E-state index contributed by atoms with van der Waals surface area (Å²) in [5.41, 5.74) is 5.94. The van der Waals surface area contributed by atoms with E-state index in [2.05, 4.69) is 47.6 Å². The maximum atomic E-state index is 10.5. The maximum Gasteiger partial charge on any atom is 0.115 e. The summed E-state index contributed by atoms with van der Waals surface area (Å²) in [5.74, 6) is 1.39. The SMILES string of the molecule is CC(CC(C)(CC(C)(CCC(=CC(C)(CC(C)(C)c1ccc(O)cc1)c1ccc(O)cc1)c1ccc(O)cc1)c1ccc(O)cc1)c1ccc(O)cc1)c1ccc(O)cc1. The Kier molecular flexibility index (Phi) is 12.7. The number of aromatic hydroxyl groups is 6. The summed E-state index contributed by atoms with van der Waals surface area (Å²) in [6.45, 7) is 13.5. The average Bonchev–Trinajstić information content (AvgIpc) is 3.20. The maximum absolute atomic E-state index is 10.5. The molecular formula is C54H60O6. The van der Waals surface area contributed by atoms with Crippen LogP contribution in [0.4, 0.5) is 0 Å². The molecule has 6 heteroatoms. The van der Waals surface area contributed by atoms with Crippen LogP contribution in [0.25, 0.3) is 5.57 Å². The number of benzene rings is 6. The highest BCUT2D eigenvalue weighted by molar-refractivity contribution is 5.68. The first-order valence-corrected chi connectivity index (χ1v) is 20.8. The second-order valence-corrected chi connectivity index (χ2v) is 18.4. The predicted molar refractivity (Wildman–Crippen MR) is 243 cm³/mol. The van der Waals surface area contributed by atoms with Crippen LogP contribution in [0, 0.1) is 0 Å². The number of hydrogen-bond donors (Lipinski definition) is 6. The first-order valence-electron chi connectivity index (χ1n) is 20.8. The van der Waals surface area contributed by atoms with E-state index in [1.807, 2.05) is 72.8 Å². The first kappa shape index (κ1) is 43.4. The molecule has 0 aliphatic carbocycles. The van der Waals surface area contributed by atoms with Gasteiger partial charge >= 0.3 is 0 Å². The van der Waals surface area contributed by atoms with Gasteiger partial charge in [0.05, 0.1) is 0 Å². The Bertz CT molecular complexity index is 2350. The molecule has 0 saturated heterocycles. The Balaban J connectivity index is 1.46. The average molecular weight is 805 g/mol. The van der Waals surface area contributed by atoms with Crippen molar-refractivity contribution in [1.29, 1.82) is 0 Å². The van der Waals surface area contributed by atoms with Gasteiger partial charge in [-0.3, -0.25) is 0 Å². The molecule has 0 saturated carbocycles. The highest BCUT2D eigenvalue weighted by atomic mass is 16.3. The van der Waals surface area contributed by atoms with Gasteiger partial charge in [-0.15, -0.1) is 0 Å². The molecule has 0 radical (unpaired) electrons. The zero-order valence-electron chi connectivity index (χ0n) is 35.7. The van der Waals surface area contributed by atoms with Crippen molar-refractivity contribution in [3.63, 3.8) is 0 Å². The molecule has 0 amide bonds. The van der Waals surface area contributed by atoms with E-state index >= 15 is 0 Å². The molecule has 60 heavy (non-hydrogen) atoms. The quantitative estimate of drug-likeness (QED) is 0.0579. The second kappa shape index (κ2) is 17.6. The second-order valence-electron chi connectivity index (χ2n) is 18.4. The molecule has 4 atom stereocenters. The number of allylic oxidation sites excluding steroid dienone is 2. The van der Waals surface area contributed by atoms with Crippen molar-refractivity contribution in [2.45, 2.75) is 101 Å². The van der Waals surface area contributed by atoms with Gasteiger partial charge in [-0.05, 0) is 166 Å². The fourth-order valence-electron chi connectivity index (χ4n) is 9.59. The van der Waals surface area contributed by atoms with Crippen LogP contribution >= 0.6 is 0 Å². The largest absolute Gasteiger partial charge is 0.508 e. The smallest absolute Gasteiger partial charge is 0.115 e. The third-order valence-electron chi connectivity index (χ3n) is 12.8. The molecule has 6 N–H and O–H groups in total. The van der Waals surface area contributed by atoms with Gasteiger partial charge in [0.2, 0.25) is 0 Å². The molecule has 6 aromatic rings. The minimum atomic E-state index is -0.530. The Morgan fingerprint density at radius 2 is 0.817 bits per heavy atom. The van der Waals surface area contributed by atoms with Crippen LogP contribution in [0.2, 0.25) is 0 Å². The number of phenols is 6. The lowest BCUT2D eigenvalue weighted by atomic mass is 9.61. The van der Waals surface area contributed by atoms with E-state index in [9.17, 15) is 30.6 Å². The van der Waals surface area contributed by atoms with Crippen LogP contribution in [0.15, 0.2) is 152 Å². The summed E-state index contributed by atoms with van der Waals surface area (Å²) in [6.07, 6.45) is 6.02. The lowest BCUT2D eigenvalue weighted by Crippen LogP contribution is -2.35. The fourth-order valence-corrected chi connectivity index (χ4v) is 9.59. The standard InChI is InChI=1S/C54H60O6/c1-37(38-7-19-45(55)20-8-38)33-53(5,43-15-27-49(59)28-16-43)36-52(4,42-13-25-48(58)26-14-42)32-31-40(39-9-21-46(56)22-10-39)34-54(6,44-17-29-50(60)30-18-44)35-51(2,3)41-11-23-47(57)24-12-41/h7-30,34,37,55-60H,31-33,35-36H2,1-6H3. The zero-order chi connectivity index (χ0) is 43.3. The molecule has 0 aliphatic heterocycles. The molecule has 6 rings (SSSR count). The van der Waals surface area contributed by atoms with Crippen molar-refractivity contribution in [2.75, 3.05) is 0 Å². The van der Waals surface area contributed by atoms with Crippen molar-refractivity contribution >= 4 is 5.57 Å². The Morgan fingerprint density at radius 3 is 1.27 bits per heavy atom. The number of phenolic OH excluding ortho intramolecular Hbond substituents is 6. The van der Waals surface area contributed by atoms with Crippen molar-refractivity contribution in [2.24, 2.45) is 0 Å². The molecule has 0 aromatic heterocycles. The monoisotopic (exact) mass is 804 g/mol. The lowest BCUT2D eigenvalue weighted by Gasteiger charge is -2.43. The molecule has 0 spiro atoms. The molecular weight excluding hydrogens is 745 g/mol. The Hall–Kier alpha value is -6.14. The molecule has 6 aromatic carbocycles. The molecule has 0 heterocycles. The topological polar surface area (TPSA) is 121 Å². The van der Waals surface area contributed by atoms with E-state index in [1.165, 1.54) is 0 Å². The molecule has 4 unspecified atom stereocenters. The highest BCUT2D eigenvalue weighted by Gasteiger charge is 2.40. The summed E-state index contributed by atoms with van der Waals surface area (Å²) in [7, 11) is 0. The van der Waals surface area contributed by atoms with Gasteiger partial charge in [-0.2, -0.15) is 0 Å². The molecule has 0 bridgehead atoms. The third kappa shape index (κ3) is 10.3. The summed E-state index contributed by atoms with van der Waals surface area (Å²) in [6, 6.07) is 44.9. The van der Waals surface area contributed by atoms with E-state index in [0.717, 1.165) is 58.2 Å². The van der Waals surface area contributed by atoms with Crippen LogP contribution in [-0.4, -0.2) is 30.6 Å². The Morgan fingerprint density at radius 1 is 0.450 bits per heavy atom. The minimum absolute atomic E-state index is 0.142. The van der Waals surface area contributed by atoms with Gasteiger partial charge in [-0.1, -0.05) is 120 Å². The lowest BCUT2D eigenvalue weighted by molar-refractivity contribution is 0.267. The van der Waals surface area contributed by atoms with Crippen LogP contribution in [-0.2, 0) is 21.7 Å². The number of hydrogen-bond acceptors (Lipinski definition) is 6. The van der Waals surface area contributed by atoms with Crippen molar-refractivity contribution in [3.8, 4) is 34.5 Å². The van der Waals surface area contributed by atoms with Gasteiger partial charge in [0, 0.05) is 5.41 Å². The molecule has 6 nitrogen and oxygen atoms in total. The van der Waals surface area contributed by atoms with E-state index < -0.39 is 10.8 Å². The van der Waals surface area contributed by atoms with Crippen LogP contribution < -0.4 is 0 Å². The van der Waals surface area contributed by atoms with E-state index in [0.29, 0.717) is 12.8 Å². The van der Waals surface area contributed by atoms with Gasteiger partial charge in [0.25, 0.3) is 0 Å². The van der Waals surface area contributed by atoms with Crippen molar-refractivity contribution < 1.29 is 30.6 Å². The summed E-state index contributed by atoms with van der Waals surface area (Å²) in [4.78, 5) is 0. The molecule has 0 fully saturated rings. The summed E-state index contributed by atoms with van der Waals surface area (Å²) in [5, 5.41) is 61.8. The van der Waals surface area contributed by atoms with E-state index in [-0.39, 0.29) is 51.2 Å². The highest BCUT2D eigenvalue weighted by Crippen LogP contribution is 2.49. The van der Waals surface area contributed by atoms with E-state index in [1.54, 1.807) is 72.8 Å². The molecule has 0 aliphatic rings. The first-order chi connectivity index (χ1) is 28.4. The van der Waals surface area contributed by atoms with Crippen molar-refractivity contribution in [1.82, 2.24) is 0 Å². The summed E-state index contributed by atoms with van der Waals surface area (Å²) < 4.78 is 0. The third-order valence-corrected chi connectivity index (χ3v) is 12.8. The van der Waals surface area contributed by atoms with Crippen LogP contribution in [0.5, 0.6) is 34.5 Å². The van der Waals surface area contributed by atoms with Crippen molar-refractivity contribution in [3.05, 3.63) is 185 Å². The minimum Gasteiger partial charge on any atom is -0.508 e. The van der Waals surface area contributed by atoms with Crippen LogP contribution in [0.3, 0.4) is 0 Å². The normalized spacial score (nSPS) is 15.7. The van der Waals surface area contributed by atoms with Crippen LogP contribution in [0.1, 0.15) is 113 Å². The Labute approximate surface area is 355 Å². The fraction of sp³-hybridized carbons (Fsp3) is 0.296. The van der Waals surface area contributed by atoms with Gasteiger partial charge in [0.15, 0.2) is 0 Å². The zero-order valence-corrected chi connectivity index (χ0v) is 35.7. The van der Waals surface area contributed by atoms with Gasteiger partial charge in [-0.25, -0.2) is 0 Å². The molecule has 312 valence electrons. The predicted octanol–water partition coefficient (Wildman–Crippen LogP) is 12.9.